The molecule has 0 aliphatic heterocycles. The van der Waals surface area contributed by atoms with Crippen LogP contribution in [0.3, 0.4) is 0 Å². The van der Waals surface area contributed by atoms with Crippen molar-refractivity contribution >= 4 is 11.7 Å². The van der Waals surface area contributed by atoms with Gasteiger partial charge in [-0.1, -0.05) is 0 Å². The summed E-state index contributed by atoms with van der Waals surface area (Å²) in [5.74, 6) is -1.68. The zero-order valence-electron chi connectivity index (χ0n) is 13.6. The highest BCUT2D eigenvalue weighted by atomic mass is 19.1. The summed E-state index contributed by atoms with van der Waals surface area (Å²) >= 11 is 0. The van der Waals surface area contributed by atoms with Gasteiger partial charge in [0.25, 0.3) is 5.91 Å². The fourth-order valence-corrected chi connectivity index (χ4v) is 2.39. The smallest absolute Gasteiger partial charge is 0.275 e. The first-order valence-corrected chi connectivity index (χ1v) is 7.57. The van der Waals surface area contributed by atoms with Crippen molar-refractivity contribution in [2.45, 2.75) is 6.92 Å². The van der Waals surface area contributed by atoms with Crippen LogP contribution in [0.25, 0.3) is 11.1 Å². The van der Waals surface area contributed by atoms with Crippen LogP contribution >= 0.6 is 0 Å². The van der Waals surface area contributed by atoms with Crippen molar-refractivity contribution in [1.82, 2.24) is 9.97 Å². The second kappa shape index (κ2) is 7.07. The van der Waals surface area contributed by atoms with Gasteiger partial charge >= 0.3 is 0 Å². The lowest BCUT2D eigenvalue weighted by Crippen LogP contribution is -2.15. The van der Waals surface area contributed by atoms with Gasteiger partial charge in [-0.15, -0.1) is 0 Å². The zero-order chi connectivity index (χ0) is 18.7. The summed E-state index contributed by atoms with van der Waals surface area (Å²) in [4.78, 5) is 20.5. The minimum Gasteiger partial charge on any atom is -0.305 e. The second-order valence-corrected chi connectivity index (χ2v) is 5.54. The van der Waals surface area contributed by atoms with Crippen molar-refractivity contribution in [2.75, 3.05) is 5.32 Å². The molecule has 0 saturated carbocycles. The molecule has 0 bridgehead atoms. The molecule has 0 aliphatic carbocycles. The number of hydrogen-bond donors (Lipinski definition) is 1. The highest BCUT2D eigenvalue weighted by molar-refractivity contribution is 6.03. The molecule has 1 amide bonds. The molecule has 2 aromatic heterocycles. The van der Waals surface area contributed by atoms with Gasteiger partial charge in [-0.3, -0.25) is 4.79 Å². The number of carbonyl (C=O) groups is 1. The molecular weight excluding hydrogens is 338 g/mol. The van der Waals surface area contributed by atoms with Gasteiger partial charge < -0.3 is 5.32 Å². The van der Waals surface area contributed by atoms with Crippen molar-refractivity contribution in [1.29, 1.82) is 5.26 Å². The Hall–Kier alpha value is -3.66. The average Bonchev–Trinajstić information content (AvgIpc) is 2.61. The first-order valence-electron chi connectivity index (χ1n) is 7.57. The number of pyridine rings is 2. The van der Waals surface area contributed by atoms with Crippen LogP contribution in [0.15, 0.2) is 48.7 Å². The van der Waals surface area contributed by atoms with Crippen LogP contribution in [-0.2, 0) is 0 Å². The van der Waals surface area contributed by atoms with E-state index in [2.05, 4.69) is 15.3 Å². The predicted molar refractivity (Wildman–Crippen MR) is 91.2 cm³/mol. The maximum absolute atomic E-state index is 13.5. The predicted octanol–water partition coefficient (Wildman–Crippen LogP) is 3.85. The average molecular weight is 350 g/mol. The molecule has 26 heavy (non-hydrogen) atoms. The molecular formula is C19H12F2N4O. The van der Waals surface area contributed by atoms with E-state index in [4.69, 9.17) is 5.26 Å². The third-order valence-corrected chi connectivity index (χ3v) is 3.52. The fourth-order valence-electron chi connectivity index (χ4n) is 2.39. The van der Waals surface area contributed by atoms with E-state index >= 15 is 0 Å². The first-order chi connectivity index (χ1) is 12.4. The molecule has 0 saturated heterocycles. The maximum atomic E-state index is 13.5. The summed E-state index contributed by atoms with van der Waals surface area (Å²) in [7, 11) is 0. The first kappa shape index (κ1) is 17.2. The van der Waals surface area contributed by atoms with Crippen LogP contribution in [0, 0.1) is 29.9 Å². The molecule has 1 aromatic carbocycles. The van der Waals surface area contributed by atoms with Crippen molar-refractivity contribution in [3.05, 3.63) is 77.2 Å². The van der Waals surface area contributed by atoms with Crippen LogP contribution in [0.4, 0.5) is 14.6 Å². The highest BCUT2D eigenvalue weighted by Gasteiger charge is 2.12. The van der Waals surface area contributed by atoms with Gasteiger partial charge in [-0.05, 0) is 54.4 Å². The molecule has 0 fully saturated rings. The Kier molecular flexibility index (Phi) is 4.67. The van der Waals surface area contributed by atoms with Crippen LogP contribution < -0.4 is 5.32 Å². The number of nitrogens with zero attached hydrogens (tertiary/aromatic N) is 3. The fraction of sp³-hybridized carbons (Fsp3) is 0.0526. The standard InChI is InChI=1S/C19H12F2N4O/c1-11-4-13(14-5-15(20)8-16(21)6-14)7-17(24-11)19(26)25-18-3-2-12(9-22)10-23-18/h2-8,10H,1H3,(H,23,25,26). The van der Waals surface area contributed by atoms with E-state index in [1.165, 1.54) is 36.5 Å². The SMILES string of the molecule is Cc1cc(-c2cc(F)cc(F)c2)cc(C(=O)Nc2ccc(C#N)cn2)n1. The molecule has 0 unspecified atom stereocenters. The Morgan fingerprint density at radius 2 is 1.77 bits per heavy atom. The quantitative estimate of drug-likeness (QED) is 0.778. The number of aryl methyl sites for hydroxylation is 1. The molecule has 5 nitrogen and oxygen atoms in total. The summed E-state index contributed by atoms with van der Waals surface area (Å²) in [5, 5.41) is 11.3. The lowest BCUT2D eigenvalue weighted by molar-refractivity contribution is 0.102. The largest absolute Gasteiger partial charge is 0.305 e. The van der Waals surface area contributed by atoms with Gasteiger partial charge in [0.2, 0.25) is 0 Å². The molecule has 2 heterocycles. The third kappa shape index (κ3) is 3.87. The summed E-state index contributed by atoms with van der Waals surface area (Å²) in [6, 6.07) is 11.2. The molecule has 3 rings (SSSR count). The molecule has 128 valence electrons. The minimum absolute atomic E-state index is 0.0795. The Morgan fingerprint density at radius 1 is 1.08 bits per heavy atom. The molecule has 7 heteroatoms. The van der Waals surface area contributed by atoms with E-state index in [1.807, 2.05) is 6.07 Å². The van der Waals surface area contributed by atoms with Crippen LogP contribution in [0.5, 0.6) is 0 Å². The van der Waals surface area contributed by atoms with Crippen molar-refractivity contribution in [3.8, 4) is 17.2 Å². The van der Waals surface area contributed by atoms with Crippen molar-refractivity contribution in [3.63, 3.8) is 0 Å². The summed E-state index contributed by atoms with van der Waals surface area (Å²) in [6.07, 6.45) is 1.33. The Morgan fingerprint density at radius 3 is 2.38 bits per heavy atom. The number of anilines is 1. The Bertz CT molecular complexity index is 1010. The van der Waals surface area contributed by atoms with Crippen LogP contribution in [0.1, 0.15) is 21.7 Å². The van der Waals surface area contributed by atoms with E-state index in [0.717, 1.165) is 6.07 Å². The van der Waals surface area contributed by atoms with E-state index in [9.17, 15) is 13.6 Å². The Balaban J connectivity index is 1.91. The Labute approximate surface area is 148 Å². The van der Waals surface area contributed by atoms with Crippen LogP contribution in [0.2, 0.25) is 0 Å². The maximum Gasteiger partial charge on any atom is 0.275 e. The number of nitriles is 1. The van der Waals surface area contributed by atoms with Gasteiger partial charge in [0.05, 0.1) is 5.56 Å². The number of carbonyl (C=O) groups excluding carboxylic acids is 1. The van der Waals surface area contributed by atoms with Gasteiger partial charge in [-0.2, -0.15) is 5.26 Å². The number of benzene rings is 1. The number of rotatable bonds is 3. The normalized spacial score (nSPS) is 10.2. The monoisotopic (exact) mass is 350 g/mol. The number of amides is 1. The van der Waals surface area contributed by atoms with Gasteiger partial charge in [0.1, 0.15) is 29.2 Å². The van der Waals surface area contributed by atoms with Crippen LogP contribution in [-0.4, -0.2) is 15.9 Å². The second-order valence-electron chi connectivity index (χ2n) is 5.54. The topological polar surface area (TPSA) is 78.7 Å². The summed E-state index contributed by atoms with van der Waals surface area (Å²) in [6.45, 7) is 1.68. The van der Waals surface area contributed by atoms with E-state index < -0.39 is 17.5 Å². The lowest BCUT2D eigenvalue weighted by Gasteiger charge is -2.08. The zero-order valence-corrected chi connectivity index (χ0v) is 13.6. The van der Waals surface area contributed by atoms with E-state index in [1.54, 1.807) is 13.0 Å². The summed E-state index contributed by atoms with van der Waals surface area (Å²) < 4.78 is 26.9. The molecule has 0 atom stereocenters. The molecule has 0 spiro atoms. The number of halogens is 2. The van der Waals surface area contributed by atoms with Crippen molar-refractivity contribution in [2.24, 2.45) is 0 Å². The van der Waals surface area contributed by atoms with E-state index in [0.29, 0.717) is 22.4 Å². The molecule has 0 aliphatic rings. The molecule has 3 aromatic rings. The lowest BCUT2D eigenvalue weighted by atomic mass is 10.0. The van der Waals surface area contributed by atoms with Gasteiger partial charge in [-0.25, -0.2) is 18.7 Å². The van der Waals surface area contributed by atoms with E-state index in [-0.39, 0.29) is 11.5 Å². The van der Waals surface area contributed by atoms with Crippen molar-refractivity contribution < 1.29 is 13.6 Å². The number of aromatic nitrogens is 2. The van der Waals surface area contributed by atoms with Gasteiger partial charge in [0.15, 0.2) is 0 Å². The number of nitrogens with one attached hydrogen (secondary N) is 1. The minimum atomic E-state index is -0.706. The summed E-state index contributed by atoms with van der Waals surface area (Å²) in [5.41, 5.74) is 1.74. The molecule has 0 radical (unpaired) electrons. The highest BCUT2D eigenvalue weighted by Crippen LogP contribution is 2.23. The molecule has 1 N–H and O–H groups in total. The van der Waals surface area contributed by atoms with Gasteiger partial charge in [0, 0.05) is 18.0 Å². The third-order valence-electron chi connectivity index (χ3n) is 3.52. The number of hydrogen-bond acceptors (Lipinski definition) is 4.